The molecule has 0 aromatic heterocycles. The van der Waals surface area contributed by atoms with E-state index in [9.17, 15) is 0 Å². The van der Waals surface area contributed by atoms with Crippen LogP contribution in [0.5, 0.6) is 0 Å². The van der Waals surface area contributed by atoms with Gasteiger partial charge in [0.2, 0.25) is 0 Å². The standard InChI is InChI=1S/CH4.Fe.Mg.Ni.2H/h1H4;;;;;. The zero-order chi connectivity index (χ0) is 0. The summed E-state index contributed by atoms with van der Waals surface area (Å²) in [4.78, 5) is 0. The Balaban J connectivity index is 0. The molecule has 0 bridgehead atoms. The molecule has 0 rings (SSSR count). The summed E-state index contributed by atoms with van der Waals surface area (Å²) in [5, 5.41) is 0. The van der Waals surface area contributed by atoms with Crippen LogP contribution in [0.25, 0.3) is 0 Å². The third kappa shape index (κ3) is 9.22. The summed E-state index contributed by atoms with van der Waals surface area (Å²) in [6, 6.07) is 0. The smallest absolute Gasteiger partial charge is 0.0776 e. The molecule has 0 heterocycles. The van der Waals surface area contributed by atoms with Crippen LogP contribution in [0.4, 0.5) is 0 Å². The van der Waals surface area contributed by atoms with Crippen molar-refractivity contribution < 1.29 is 33.6 Å². The van der Waals surface area contributed by atoms with Crippen LogP contribution in [0.1, 0.15) is 7.43 Å². The van der Waals surface area contributed by atoms with E-state index in [1.807, 2.05) is 0 Å². The number of hydrogen-bond donors (Lipinski definition) is 0. The van der Waals surface area contributed by atoms with Gasteiger partial charge in [0, 0.05) is 33.6 Å². The molecule has 30 valence electrons. The van der Waals surface area contributed by atoms with E-state index in [1.165, 1.54) is 0 Å². The molecule has 4 heavy (non-hydrogen) atoms. The molecule has 0 aromatic rings. The zero-order valence-electron chi connectivity index (χ0n) is 0.670. The Morgan fingerprint density at radius 3 is 1.00 bits per heavy atom. The maximum absolute atomic E-state index is 0. The van der Waals surface area contributed by atoms with Crippen molar-refractivity contribution in [3.63, 3.8) is 0 Å². The minimum Gasteiger partial charge on any atom is -0.0776 e. The molecule has 0 N–H and O–H groups in total. The molecule has 0 aliphatic rings. The van der Waals surface area contributed by atoms with Gasteiger partial charge >= 0.3 is 23.1 Å². The van der Waals surface area contributed by atoms with Crippen molar-refractivity contribution >= 4 is 23.1 Å². The Morgan fingerprint density at radius 2 is 1.00 bits per heavy atom. The Kier molecular flexibility index (Phi) is 225. The van der Waals surface area contributed by atoms with E-state index in [0.29, 0.717) is 0 Å². The van der Waals surface area contributed by atoms with E-state index in [1.54, 1.807) is 0 Å². The number of hydrogen-bond acceptors (Lipinski definition) is 0. The monoisotopic (exact) mass is 156 g/mol. The summed E-state index contributed by atoms with van der Waals surface area (Å²) in [7, 11) is 0. The second-order valence-corrected chi connectivity index (χ2v) is 0. The minimum absolute atomic E-state index is 0. The normalized spacial score (nSPS) is 0. The van der Waals surface area contributed by atoms with E-state index in [-0.39, 0.29) is 64.0 Å². The van der Waals surface area contributed by atoms with Crippen molar-refractivity contribution in [2.45, 2.75) is 7.43 Å². The molecule has 0 spiro atoms. The molecular weight excluding hydrogens is 151 g/mol. The molecule has 0 nitrogen and oxygen atoms in total. The first-order valence-corrected chi connectivity index (χ1v) is 0. The Hall–Kier alpha value is 1.78. The Labute approximate surface area is 63.7 Å². The maximum atomic E-state index is 0. The van der Waals surface area contributed by atoms with Gasteiger partial charge in [0.1, 0.15) is 0 Å². The van der Waals surface area contributed by atoms with E-state index in [2.05, 4.69) is 0 Å². The van der Waals surface area contributed by atoms with Crippen LogP contribution in [0, 0.1) is 0 Å². The van der Waals surface area contributed by atoms with Crippen LogP contribution in [0.2, 0.25) is 0 Å². The fraction of sp³-hybridized carbons (Fsp3) is 1.00. The van der Waals surface area contributed by atoms with Gasteiger partial charge in [-0.2, -0.15) is 0 Å². The average molecular weight is 157 g/mol. The zero-order valence-corrected chi connectivity index (χ0v) is 2.76. The minimum atomic E-state index is 0. The molecule has 3 heteroatoms. The van der Waals surface area contributed by atoms with Gasteiger partial charge < -0.3 is 0 Å². The molecule has 0 atom stereocenters. The van der Waals surface area contributed by atoms with Crippen LogP contribution in [0.15, 0.2) is 0 Å². The molecule has 0 fully saturated rings. The Bertz CT molecular complexity index is 8.00. The summed E-state index contributed by atoms with van der Waals surface area (Å²) in [6.45, 7) is 0. The van der Waals surface area contributed by atoms with Crippen molar-refractivity contribution in [2.75, 3.05) is 0 Å². The maximum Gasteiger partial charge on any atom is 0.316 e. The second-order valence-electron chi connectivity index (χ2n) is 0. The van der Waals surface area contributed by atoms with Gasteiger partial charge in [-0.1, -0.05) is 7.43 Å². The van der Waals surface area contributed by atoms with Crippen molar-refractivity contribution in [1.82, 2.24) is 0 Å². The molecule has 0 radical (unpaired) electrons. The fourth-order valence-electron chi connectivity index (χ4n) is 0. The van der Waals surface area contributed by atoms with Gasteiger partial charge in [-0.25, -0.2) is 0 Å². The van der Waals surface area contributed by atoms with Crippen LogP contribution < -0.4 is 0 Å². The van der Waals surface area contributed by atoms with Gasteiger partial charge in [-0.3, -0.25) is 0 Å². The molecule has 0 saturated carbocycles. The average Bonchev–Trinajstić information content (AvgIpc) is 0. The molecule has 0 saturated heterocycles. The van der Waals surface area contributed by atoms with E-state index in [0.717, 1.165) is 0 Å². The summed E-state index contributed by atoms with van der Waals surface area (Å²) >= 11 is 0. The summed E-state index contributed by atoms with van der Waals surface area (Å²) in [5.41, 5.74) is 0. The van der Waals surface area contributed by atoms with Gasteiger partial charge in [0.25, 0.3) is 0 Å². The van der Waals surface area contributed by atoms with Crippen molar-refractivity contribution in [1.29, 1.82) is 0 Å². The predicted molar refractivity (Wildman–Crippen MR) is 15.3 cm³/mol. The molecule has 0 aliphatic carbocycles. The predicted octanol–water partition coefficient (Wildman–Crippen LogP) is -0.285. The Morgan fingerprint density at radius 1 is 1.00 bits per heavy atom. The summed E-state index contributed by atoms with van der Waals surface area (Å²) in [5.74, 6) is 0. The van der Waals surface area contributed by atoms with Crippen molar-refractivity contribution in [3.05, 3.63) is 0 Å². The molecule has 0 aliphatic heterocycles. The van der Waals surface area contributed by atoms with Crippen LogP contribution in [-0.2, 0) is 33.6 Å². The van der Waals surface area contributed by atoms with Crippen LogP contribution in [0.3, 0.4) is 0 Å². The van der Waals surface area contributed by atoms with E-state index in [4.69, 9.17) is 0 Å². The first kappa shape index (κ1) is 41.7. The molecular formula is CH6FeMgNi. The first-order chi connectivity index (χ1) is 0. The van der Waals surface area contributed by atoms with E-state index < -0.39 is 0 Å². The van der Waals surface area contributed by atoms with Crippen LogP contribution >= 0.6 is 0 Å². The van der Waals surface area contributed by atoms with Crippen molar-refractivity contribution in [3.8, 4) is 0 Å². The number of rotatable bonds is 0. The van der Waals surface area contributed by atoms with E-state index >= 15 is 0 Å². The van der Waals surface area contributed by atoms with Gasteiger partial charge in [-0.05, 0) is 0 Å². The summed E-state index contributed by atoms with van der Waals surface area (Å²) in [6.07, 6.45) is 0. The SMILES string of the molecule is C.[Fe].[MgH2].[Ni]. The van der Waals surface area contributed by atoms with Gasteiger partial charge in [0.15, 0.2) is 0 Å². The largest absolute Gasteiger partial charge is 0.316 e. The van der Waals surface area contributed by atoms with Gasteiger partial charge in [-0.15, -0.1) is 0 Å². The van der Waals surface area contributed by atoms with Crippen molar-refractivity contribution in [2.24, 2.45) is 0 Å². The third-order valence-electron chi connectivity index (χ3n) is 0. The second kappa shape index (κ2) is 21.6. The molecule has 0 unspecified atom stereocenters. The fourth-order valence-corrected chi connectivity index (χ4v) is 0. The molecule has 0 amide bonds. The van der Waals surface area contributed by atoms with Crippen LogP contribution in [-0.4, -0.2) is 23.1 Å². The quantitative estimate of drug-likeness (QED) is 0.424. The topological polar surface area (TPSA) is 0 Å². The molecule has 0 aromatic carbocycles. The first-order valence-electron chi connectivity index (χ1n) is 0. The van der Waals surface area contributed by atoms with Gasteiger partial charge in [0.05, 0.1) is 0 Å². The third-order valence-corrected chi connectivity index (χ3v) is 0. The summed E-state index contributed by atoms with van der Waals surface area (Å²) < 4.78 is 0.